The molecule has 1 N–H and O–H groups in total. The maximum Gasteiger partial charge on any atom is 0.0352 e. The first kappa shape index (κ1) is 16.4. The van der Waals surface area contributed by atoms with Crippen LogP contribution in [-0.2, 0) is 0 Å². The normalized spacial score (nSPS) is 14.2. The van der Waals surface area contributed by atoms with E-state index in [2.05, 4.69) is 38.7 Å². The highest BCUT2D eigenvalue weighted by Gasteiger charge is 1.98. The van der Waals surface area contributed by atoms with Gasteiger partial charge in [0.25, 0.3) is 0 Å². The molecule has 0 unspecified atom stereocenters. The summed E-state index contributed by atoms with van der Waals surface area (Å²) < 4.78 is 0. The van der Waals surface area contributed by atoms with Crippen LogP contribution in [0, 0.1) is 5.41 Å². The van der Waals surface area contributed by atoms with Gasteiger partial charge in [-0.3, -0.25) is 0 Å². The lowest BCUT2D eigenvalue weighted by molar-refractivity contribution is 1.22. The number of hydrogen-bond acceptors (Lipinski definition) is 1. The predicted molar refractivity (Wildman–Crippen MR) is 83.2 cm³/mol. The third-order valence-corrected chi connectivity index (χ3v) is 2.64. The maximum absolute atomic E-state index is 7.65. The van der Waals surface area contributed by atoms with Gasteiger partial charge in [0, 0.05) is 5.71 Å². The quantitative estimate of drug-likeness (QED) is 0.478. The molecule has 0 aromatic rings. The standard InChI is InChI=1S/C17H25N/c1-7-9-10-13(3)11-14(4)15(5)12-17(8-2)16(6)18/h8-12,18H,4,7H2,1-3,5-6H3/b10-9?,13-11-,15-12+,17-8+,18-16?. The first-order valence-electron chi connectivity index (χ1n) is 6.36. The summed E-state index contributed by atoms with van der Waals surface area (Å²) in [7, 11) is 0. The minimum atomic E-state index is 0.580. The summed E-state index contributed by atoms with van der Waals surface area (Å²) in [6, 6.07) is 0. The van der Waals surface area contributed by atoms with Gasteiger partial charge in [-0.1, -0.05) is 49.5 Å². The fourth-order valence-corrected chi connectivity index (χ4v) is 1.47. The minimum absolute atomic E-state index is 0.580. The molecule has 18 heavy (non-hydrogen) atoms. The number of nitrogens with one attached hydrogen (secondary N) is 1. The Labute approximate surface area is 112 Å². The summed E-state index contributed by atoms with van der Waals surface area (Å²) in [5, 5.41) is 7.65. The topological polar surface area (TPSA) is 23.9 Å². The van der Waals surface area contributed by atoms with Crippen molar-refractivity contribution < 1.29 is 0 Å². The average molecular weight is 243 g/mol. The van der Waals surface area contributed by atoms with E-state index in [4.69, 9.17) is 5.41 Å². The molecule has 0 aliphatic rings. The van der Waals surface area contributed by atoms with E-state index in [1.807, 2.05) is 26.0 Å². The Kier molecular flexibility index (Phi) is 7.69. The Balaban J connectivity index is 4.96. The zero-order valence-electron chi connectivity index (χ0n) is 12.3. The molecule has 0 saturated carbocycles. The first-order valence-corrected chi connectivity index (χ1v) is 6.36. The summed E-state index contributed by atoms with van der Waals surface area (Å²) in [5.41, 5.74) is 4.82. The van der Waals surface area contributed by atoms with E-state index >= 15 is 0 Å². The van der Waals surface area contributed by atoms with Crippen LogP contribution in [0.25, 0.3) is 0 Å². The molecule has 0 aromatic carbocycles. The van der Waals surface area contributed by atoms with Crippen LogP contribution in [0.5, 0.6) is 0 Å². The van der Waals surface area contributed by atoms with Gasteiger partial charge >= 0.3 is 0 Å². The van der Waals surface area contributed by atoms with Crippen molar-refractivity contribution in [2.45, 2.75) is 41.0 Å². The van der Waals surface area contributed by atoms with Crippen LogP contribution < -0.4 is 0 Å². The van der Waals surface area contributed by atoms with Crippen LogP contribution in [0.15, 0.2) is 59.3 Å². The van der Waals surface area contributed by atoms with E-state index in [9.17, 15) is 0 Å². The molecule has 1 heteroatoms. The van der Waals surface area contributed by atoms with E-state index in [1.54, 1.807) is 6.92 Å². The highest BCUT2D eigenvalue weighted by molar-refractivity contribution is 5.98. The van der Waals surface area contributed by atoms with Crippen LogP contribution in [0.4, 0.5) is 0 Å². The molecule has 0 bridgehead atoms. The molecular weight excluding hydrogens is 218 g/mol. The van der Waals surface area contributed by atoms with Crippen molar-refractivity contribution in [3.63, 3.8) is 0 Å². The molecule has 0 radical (unpaired) electrons. The predicted octanol–water partition coefficient (Wildman–Crippen LogP) is 5.39. The van der Waals surface area contributed by atoms with Gasteiger partial charge in [0.15, 0.2) is 0 Å². The van der Waals surface area contributed by atoms with E-state index in [1.165, 1.54) is 5.57 Å². The molecule has 0 spiro atoms. The molecule has 0 aliphatic carbocycles. The highest BCUT2D eigenvalue weighted by Crippen LogP contribution is 2.15. The Bertz CT molecular complexity index is 429. The molecule has 0 saturated heterocycles. The molecule has 0 aliphatic heterocycles. The van der Waals surface area contributed by atoms with Gasteiger partial charge in [0.05, 0.1) is 0 Å². The zero-order valence-corrected chi connectivity index (χ0v) is 12.3. The molecule has 0 amide bonds. The van der Waals surface area contributed by atoms with Gasteiger partial charge in [-0.2, -0.15) is 0 Å². The van der Waals surface area contributed by atoms with Crippen LogP contribution in [0.2, 0.25) is 0 Å². The Morgan fingerprint density at radius 1 is 1.17 bits per heavy atom. The second kappa shape index (κ2) is 8.46. The van der Waals surface area contributed by atoms with Gasteiger partial charge in [0.1, 0.15) is 0 Å². The van der Waals surface area contributed by atoms with Crippen molar-refractivity contribution >= 4 is 5.71 Å². The van der Waals surface area contributed by atoms with Crippen LogP contribution in [-0.4, -0.2) is 5.71 Å². The summed E-state index contributed by atoms with van der Waals surface area (Å²) in [5.74, 6) is 0. The minimum Gasteiger partial charge on any atom is -0.305 e. The Hall–Kier alpha value is -1.63. The second-order valence-electron chi connectivity index (χ2n) is 4.42. The molecule has 0 heterocycles. The van der Waals surface area contributed by atoms with Crippen LogP contribution in [0.1, 0.15) is 41.0 Å². The molecule has 0 rings (SSSR count). The Morgan fingerprint density at radius 3 is 2.22 bits per heavy atom. The molecule has 0 atom stereocenters. The third kappa shape index (κ3) is 6.19. The molecule has 0 aromatic heterocycles. The summed E-state index contributed by atoms with van der Waals surface area (Å²) in [6.45, 7) is 14.0. The maximum atomic E-state index is 7.65. The molecule has 1 nitrogen and oxygen atoms in total. The van der Waals surface area contributed by atoms with Crippen molar-refractivity contribution in [3.05, 3.63) is 59.3 Å². The summed E-state index contributed by atoms with van der Waals surface area (Å²) >= 11 is 0. The highest BCUT2D eigenvalue weighted by atomic mass is 14.4. The largest absolute Gasteiger partial charge is 0.305 e. The summed E-state index contributed by atoms with van der Waals surface area (Å²) in [4.78, 5) is 0. The molecular formula is C17H25N. The number of allylic oxidation sites excluding steroid dienone is 9. The third-order valence-electron chi connectivity index (χ3n) is 2.64. The summed E-state index contributed by atoms with van der Waals surface area (Å²) in [6.07, 6.45) is 11.3. The lowest BCUT2D eigenvalue weighted by Crippen LogP contribution is -1.93. The van der Waals surface area contributed by atoms with Gasteiger partial charge in [-0.05, 0) is 50.8 Å². The molecule has 98 valence electrons. The van der Waals surface area contributed by atoms with E-state index in [0.29, 0.717) is 5.71 Å². The van der Waals surface area contributed by atoms with Crippen molar-refractivity contribution in [1.82, 2.24) is 0 Å². The number of rotatable bonds is 6. The first-order chi connectivity index (χ1) is 8.42. The fourth-order valence-electron chi connectivity index (χ4n) is 1.47. The smallest absolute Gasteiger partial charge is 0.0352 e. The van der Waals surface area contributed by atoms with Crippen LogP contribution >= 0.6 is 0 Å². The van der Waals surface area contributed by atoms with Gasteiger partial charge in [-0.15, -0.1) is 0 Å². The van der Waals surface area contributed by atoms with Gasteiger partial charge in [-0.25, -0.2) is 0 Å². The van der Waals surface area contributed by atoms with Crippen LogP contribution in [0.3, 0.4) is 0 Å². The van der Waals surface area contributed by atoms with Gasteiger partial charge in [0.2, 0.25) is 0 Å². The zero-order chi connectivity index (χ0) is 14.1. The van der Waals surface area contributed by atoms with E-state index in [0.717, 1.165) is 23.1 Å². The van der Waals surface area contributed by atoms with Crippen molar-refractivity contribution in [2.75, 3.05) is 0 Å². The lowest BCUT2D eigenvalue weighted by atomic mass is 10.0. The second-order valence-corrected chi connectivity index (χ2v) is 4.42. The van der Waals surface area contributed by atoms with Gasteiger partial charge < -0.3 is 5.41 Å². The monoisotopic (exact) mass is 243 g/mol. The number of hydrogen-bond donors (Lipinski definition) is 1. The average Bonchev–Trinajstić information content (AvgIpc) is 2.32. The fraction of sp³-hybridized carbons (Fsp3) is 0.353. The Morgan fingerprint density at radius 2 is 1.78 bits per heavy atom. The van der Waals surface area contributed by atoms with Crippen molar-refractivity contribution in [2.24, 2.45) is 0 Å². The van der Waals surface area contributed by atoms with E-state index in [-0.39, 0.29) is 0 Å². The molecule has 0 fully saturated rings. The van der Waals surface area contributed by atoms with E-state index < -0.39 is 0 Å². The van der Waals surface area contributed by atoms with Crippen molar-refractivity contribution in [1.29, 1.82) is 5.41 Å². The van der Waals surface area contributed by atoms with Crippen molar-refractivity contribution in [3.8, 4) is 0 Å². The lowest BCUT2D eigenvalue weighted by Gasteiger charge is -2.04. The SMILES string of the molecule is C=C(/C=C(/C)C=CCC)/C(C)=C/C(=C\C)C(C)=N.